The molecule has 14 heavy (non-hydrogen) atoms. The number of aliphatic imine (C=N–C) groups is 2. The van der Waals surface area contributed by atoms with E-state index in [-0.39, 0.29) is 0 Å². The maximum atomic E-state index is 4.01. The van der Waals surface area contributed by atoms with Crippen LogP contribution in [0.25, 0.3) is 0 Å². The molecule has 0 bridgehead atoms. The lowest BCUT2D eigenvalue weighted by Gasteiger charge is -2.12. The van der Waals surface area contributed by atoms with Crippen molar-refractivity contribution < 1.29 is 0 Å². The number of hydrogen-bond acceptors (Lipinski definition) is 6. The van der Waals surface area contributed by atoms with Gasteiger partial charge >= 0.3 is 0 Å². The topological polar surface area (TPSA) is 74.2 Å². The largest absolute Gasteiger partial charge is 0.289 e. The first-order valence-corrected chi connectivity index (χ1v) is 4.50. The van der Waals surface area contributed by atoms with Crippen LogP contribution in [0.1, 0.15) is 20.3 Å². The van der Waals surface area contributed by atoms with Crippen molar-refractivity contribution in [1.82, 2.24) is 0 Å². The Bertz CT molecular complexity index is 249. The van der Waals surface area contributed by atoms with Crippen molar-refractivity contribution >= 4 is 6.01 Å². The van der Waals surface area contributed by atoms with Gasteiger partial charge in [0, 0.05) is 27.1 Å². The molecule has 6 nitrogen and oxygen atoms in total. The van der Waals surface area contributed by atoms with Gasteiger partial charge in [0.2, 0.25) is 0 Å². The Labute approximate surface area is 84.0 Å². The molecule has 0 N–H and O–H groups in total. The summed E-state index contributed by atoms with van der Waals surface area (Å²) in [6, 6.07) is 2.54. The number of nitrogens with zero attached hydrogens (tertiary/aromatic N) is 6. The third-order valence-corrected chi connectivity index (χ3v) is 1.45. The van der Waals surface area contributed by atoms with Crippen LogP contribution in [0.4, 0.5) is 0 Å². The van der Waals surface area contributed by atoms with Crippen molar-refractivity contribution in [3.8, 4) is 0 Å². The summed E-state index contributed by atoms with van der Waals surface area (Å²) in [5.74, 6) is -0.970. The standard InChI is InChI=1S/C8H16N6/c1-5-8(13-9-3,14-10-4)12-7-11-6-2/h5-6H2,1-4H3. The Balaban J connectivity index is 4.93. The normalized spacial score (nSPS) is 15.4. The molecular formula is C8H16N6. The zero-order valence-electron chi connectivity index (χ0n) is 9.10. The monoisotopic (exact) mass is 196 g/mol. The molecule has 0 aromatic heterocycles. The van der Waals surface area contributed by atoms with E-state index >= 15 is 0 Å². The van der Waals surface area contributed by atoms with Crippen molar-refractivity contribution in [1.29, 1.82) is 0 Å². The molecule has 0 heterocycles. The molecule has 0 fully saturated rings. The van der Waals surface area contributed by atoms with E-state index in [1.807, 2.05) is 13.8 Å². The van der Waals surface area contributed by atoms with E-state index < -0.39 is 5.79 Å². The summed E-state index contributed by atoms with van der Waals surface area (Å²) in [7, 11) is 3.14. The van der Waals surface area contributed by atoms with Gasteiger partial charge in [-0.15, -0.1) is 10.2 Å². The molecule has 0 saturated carbocycles. The Hall–Kier alpha value is -1.42. The van der Waals surface area contributed by atoms with Crippen LogP contribution in [-0.4, -0.2) is 32.4 Å². The van der Waals surface area contributed by atoms with Gasteiger partial charge in [0.05, 0.1) is 6.01 Å². The van der Waals surface area contributed by atoms with Gasteiger partial charge in [-0.05, 0) is 6.92 Å². The van der Waals surface area contributed by atoms with Crippen LogP contribution in [0.3, 0.4) is 0 Å². The molecule has 0 atom stereocenters. The maximum Gasteiger partial charge on any atom is 0.289 e. The van der Waals surface area contributed by atoms with Gasteiger partial charge in [-0.3, -0.25) is 0 Å². The lowest BCUT2D eigenvalue weighted by molar-refractivity contribution is 0.412. The van der Waals surface area contributed by atoms with Crippen LogP contribution in [0.15, 0.2) is 30.4 Å². The molecule has 0 aromatic rings. The highest BCUT2D eigenvalue weighted by Crippen LogP contribution is 2.19. The molecular weight excluding hydrogens is 180 g/mol. The second-order valence-corrected chi connectivity index (χ2v) is 2.41. The highest BCUT2D eigenvalue weighted by atomic mass is 15.4. The second-order valence-electron chi connectivity index (χ2n) is 2.41. The Kier molecular flexibility index (Phi) is 6.32. The Morgan fingerprint density at radius 1 is 1.07 bits per heavy atom. The van der Waals surface area contributed by atoms with Crippen LogP contribution >= 0.6 is 0 Å². The van der Waals surface area contributed by atoms with E-state index in [1.165, 1.54) is 0 Å². The van der Waals surface area contributed by atoms with Crippen LogP contribution in [-0.2, 0) is 0 Å². The van der Waals surface area contributed by atoms with Crippen LogP contribution in [0, 0.1) is 0 Å². The fraction of sp³-hybridized carbons (Fsp3) is 0.875. The second kappa shape index (κ2) is 7.03. The zero-order valence-corrected chi connectivity index (χ0v) is 9.10. The van der Waals surface area contributed by atoms with Gasteiger partial charge < -0.3 is 0 Å². The molecule has 0 aliphatic carbocycles. The molecule has 0 aliphatic rings. The van der Waals surface area contributed by atoms with Gasteiger partial charge in [-0.2, -0.15) is 15.2 Å². The van der Waals surface area contributed by atoms with Gasteiger partial charge in [-0.1, -0.05) is 6.92 Å². The Morgan fingerprint density at radius 3 is 2.00 bits per heavy atom. The first-order valence-electron chi connectivity index (χ1n) is 4.50. The van der Waals surface area contributed by atoms with E-state index in [0.29, 0.717) is 13.0 Å². The van der Waals surface area contributed by atoms with Gasteiger partial charge in [-0.25, -0.2) is 4.99 Å². The summed E-state index contributed by atoms with van der Waals surface area (Å²) in [4.78, 5) is 7.85. The number of rotatable bonds is 5. The van der Waals surface area contributed by atoms with E-state index in [1.54, 1.807) is 14.1 Å². The summed E-state index contributed by atoms with van der Waals surface area (Å²) < 4.78 is 0. The van der Waals surface area contributed by atoms with Crippen molar-refractivity contribution in [2.45, 2.75) is 26.1 Å². The quantitative estimate of drug-likeness (QED) is 0.478. The van der Waals surface area contributed by atoms with E-state index in [2.05, 4.69) is 36.5 Å². The molecule has 0 amide bonds. The van der Waals surface area contributed by atoms with Crippen molar-refractivity contribution in [3.63, 3.8) is 0 Å². The minimum absolute atomic E-state index is 0.577. The molecule has 0 rings (SSSR count). The summed E-state index contributed by atoms with van der Waals surface area (Å²) in [5.41, 5.74) is 0. The van der Waals surface area contributed by atoms with Crippen molar-refractivity contribution in [3.05, 3.63) is 0 Å². The first-order chi connectivity index (χ1) is 6.74. The number of hydrogen-bond donors (Lipinski definition) is 0. The smallest absolute Gasteiger partial charge is 0.226 e. The minimum Gasteiger partial charge on any atom is -0.226 e. The predicted molar refractivity (Wildman–Crippen MR) is 55.0 cm³/mol. The average Bonchev–Trinajstić information content (AvgIpc) is 2.19. The first kappa shape index (κ1) is 12.6. The predicted octanol–water partition coefficient (Wildman–Crippen LogP) is 2.41. The molecule has 0 saturated heterocycles. The average molecular weight is 196 g/mol. The van der Waals surface area contributed by atoms with E-state index in [4.69, 9.17) is 0 Å². The van der Waals surface area contributed by atoms with Crippen LogP contribution in [0.2, 0.25) is 0 Å². The van der Waals surface area contributed by atoms with Gasteiger partial charge in [0.25, 0.3) is 5.79 Å². The zero-order chi connectivity index (χ0) is 10.9. The van der Waals surface area contributed by atoms with Gasteiger partial charge in [0.15, 0.2) is 0 Å². The number of azo groups is 2. The summed E-state index contributed by atoms with van der Waals surface area (Å²) in [5, 5.41) is 15.2. The highest BCUT2D eigenvalue weighted by Gasteiger charge is 2.25. The van der Waals surface area contributed by atoms with Gasteiger partial charge in [0.1, 0.15) is 0 Å². The molecule has 6 heteroatoms. The SMILES string of the molecule is CCN=C=NC(CC)(N=NC)N=NC. The third-order valence-electron chi connectivity index (χ3n) is 1.45. The van der Waals surface area contributed by atoms with Crippen molar-refractivity contribution in [2.24, 2.45) is 30.4 Å². The molecule has 0 unspecified atom stereocenters. The molecule has 78 valence electrons. The van der Waals surface area contributed by atoms with Crippen molar-refractivity contribution in [2.75, 3.05) is 20.6 Å². The molecule has 0 spiro atoms. The maximum absolute atomic E-state index is 4.01. The molecule has 0 aliphatic heterocycles. The summed E-state index contributed by atoms with van der Waals surface area (Å²) in [6.45, 7) is 4.44. The molecule has 0 radical (unpaired) electrons. The summed E-state index contributed by atoms with van der Waals surface area (Å²) in [6.07, 6.45) is 0.577. The lowest BCUT2D eigenvalue weighted by Crippen LogP contribution is -2.18. The van der Waals surface area contributed by atoms with E-state index in [9.17, 15) is 0 Å². The fourth-order valence-corrected chi connectivity index (χ4v) is 0.792. The van der Waals surface area contributed by atoms with Crippen LogP contribution in [0.5, 0.6) is 0 Å². The van der Waals surface area contributed by atoms with Crippen LogP contribution < -0.4 is 0 Å². The third kappa shape index (κ3) is 4.00. The highest BCUT2D eigenvalue weighted by molar-refractivity contribution is 5.42. The lowest BCUT2D eigenvalue weighted by atomic mass is 10.3. The summed E-state index contributed by atoms with van der Waals surface area (Å²) >= 11 is 0. The Morgan fingerprint density at radius 2 is 1.64 bits per heavy atom. The fourth-order valence-electron chi connectivity index (χ4n) is 0.792. The molecule has 0 aromatic carbocycles. The minimum atomic E-state index is -0.970. The van der Waals surface area contributed by atoms with E-state index in [0.717, 1.165) is 0 Å².